The highest BCUT2D eigenvalue weighted by Gasteiger charge is 2.23. The second-order valence-corrected chi connectivity index (χ2v) is 7.49. The molecule has 0 amide bonds. The number of nitrogens with zero attached hydrogens (tertiary/aromatic N) is 2. The molecule has 0 bridgehead atoms. The van der Waals surface area contributed by atoms with Crippen molar-refractivity contribution in [3.8, 4) is 11.1 Å². The van der Waals surface area contributed by atoms with Crippen LogP contribution < -0.4 is 0 Å². The van der Waals surface area contributed by atoms with Gasteiger partial charge in [0.25, 0.3) is 0 Å². The summed E-state index contributed by atoms with van der Waals surface area (Å²) < 4.78 is 20.5. The third-order valence-electron chi connectivity index (χ3n) is 5.54. The van der Waals surface area contributed by atoms with Gasteiger partial charge >= 0.3 is 5.97 Å². The van der Waals surface area contributed by atoms with Gasteiger partial charge in [0, 0.05) is 17.1 Å². The Morgan fingerprint density at radius 3 is 2.33 bits per heavy atom. The summed E-state index contributed by atoms with van der Waals surface area (Å²) in [6.07, 6.45) is 1.96. The first-order chi connectivity index (χ1) is 14.4. The fourth-order valence-electron chi connectivity index (χ4n) is 3.87. The van der Waals surface area contributed by atoms with Crippen molar-refractivity contribution in [2.24, 2.45) is 0 Å². The fraction of sp³-hybridized carbons (Fsp3) is 0.200. The first kappa shape index (κ1) is 19.8. The summed E-state index contributed by atoms with van der Waals surface area (Å²) >= 11 is 0. The molecule has 0 fully saturated rings. The van der Waals surface area contributed by atoms with Crippen molar-refractivity contribution in [3.63, 3.8) is 0 Å². The number of aryl methyl sites for hydroxylation is 2. The van der Waals surface area contributed by atoms with E-state index in [9.17, 15) is 9.18 Å². The van der Waals surface area contributed by atoms with Gasteiger partial charge in [0.2, 0.25) is 0 Å². The van der Waals surface area contributed by atoms with Crippen molar-refractivity contribution < 1.29 is 13.9 Å². The quantitative estimate of drug-likeness (QED) is 0.402. The molecule has 0 spiro atoms. The Hall–Kier alpha value is -3.47. The molecule has 4 nitrogen and oxygen atoms in total. The van der Waals surface area contributed by atoms with Crippen molar-refractivity contribution in [1.29, 1.82) is 0 Å². The number of methoxy groups -OCH3 is 1. The van der Waals surface area contributed by atoms with Crippen LogP contribution in [0.4, 0.5) is 4.39 Å². The average Bonchev–Trinajstić information content (AvgIpc) is 3.16. The van der Waals surface area contributed by atoms with Gasteiger partial charge in [0.05, 0.1) is 24.4 Å². The van der Waals surface area contributed by atoms with E-state index in [1.54, 1.807) is 12.1 Å². The predicted octanol–water partition coefficient (Wildman–Crippen LogP) is 5.86. The van der Waals surface area contributed by atoms with Crippen LogP contribution >= 0.6 is 0 Å². The smallest absolute Gasteiger partial charge is 0.340 e. The highest BCUT2D eigenvalue weighted by molar-refractivity contribution is 6.07. The molecule has 0 saturated carbocycles. The number of hydrogen-bond donors (Lipinski definition) is 0. The van der Waals surface area contributed by atoms with Gasteiger partial charge in [0.15, 0.2) is 0 Å². The zero-order valence-electron chi connectivity index (χ0n) is 17.4. The van der Waals surface area contributed by atoms with Crippen molar-refractivity contribution in [2.45, 2.75) is 26.8 Å². The average molecular weight is 402 g/mol. The molecule has 2 heterocycles. The molecule has 4 rings (SSSR count). The van der Waals surface area contributed by atoms with Crippen LogP contribution in [0.2, 0.25) is 0 Å². The number of esters is 1. The number of carbonyl (C=O) groups is 1. The highest BCUT2D eigenvalue weighted by atomic mass is 19.1. The van der Waals surface area contributed by atoms with Gasteiger partial charge in [-0.25, -0.2) is 14.2 Å². The molecule has 0 aliphatic rings. The zero-order chi connectivity index (χ0) is 21.4. The number of benzene rings is 2. The van der Waals surface area contributed by atoms with Crippen LogP contribution in [0.5, 0.6) is 0 Å². The van der Waals surface area contributed by atoms with Gasteiger partial charge in [-0.15, -0.1) is 0 Å². The van der Waals surface area contributed by atoms with Crippen LogP contribution in [0.25, 0.3) is 22.2 Å². The molecule has 5 heteroatoms. The minimum Gasteiger partial charge on any atom is -0.465 e. The van der Waals surface area contributed by atoms with Crippen LogP contribution in [0.15, 0.2) is 60.8 Å². The van der Waals surface area contributed by atoms with Crippen LogP contribution in [0.3, 0.4) is 0 Å². The Bertz CT molecular complexity index is 1220. The lowest BCUT2D eigenvalue weighted by Crippen LogP contribution is -2.11. The number of fused-ring (bicyclic) bond motifs is 1. The Kier molecular flexibility index (Phi) is 5.12. The van der Waals surface area contributed by atoms with Gasteiger partial charge in [-0.2, -0.15) is 0 Å². The van der Waals surface area contributed by atoms with Crippen molar-refractivity contribution in [2.75, 3.05) is 7.11 Å². The highest BCUT2D eigenvalue weighted by Crippen LogP contribution is 2.36. The van der Waals surface area contributed by atoms with Crippen molar-refractivity contribution in [1.82, 2.24) is 9.55 Å². The normalized spacial score (nSPS) is 12.2. The summed E-state index contributed by atoms with van der Waals surface area (Å²) in [6, 6.07) is 16.5. The minimum atomic E-state index is -0.406. The number of halogens is 1. The number of carbonyl (C=O) groups excluding carboxylic acids is 1. The minimum absolute atomic E-state index is 0.0511. The maximum atomic E-state index is 13.4. The van der Waals surface area contributed by atoms with E-state index in [-0.39, 0.29) is 11.9 Å². The van der Waals surface area contributed by atoms with E-state index in [1.807, 2.05) is 61.9 Å². The Morgan fingerprint density at radius 1 is 1.03 bits per heavy atom. The summed E-state index contributed by atoms with van der Waals surface area (Å²) in [7, 11) is 1.38. The molecule has 0 aliphatic heterocycles. The number of hydrogen-bond acceptors (Lipinski definition) is 3. The molecule has 152 valence electrons. The first-order valence-electron chi connectivity index (χ1n) is 9.82. The van der Waals surface area contributed by atoms with Crippen LogP contribution in [-0.2, 0) is 4.74 Å². The van der Waals surface area contributed by atoms with Gasteiger partial charge < -0.3 is 9.30 Å². The molecule has 2 aromatic heterocycles. The fourth-order valence-corrected chi connectivity index (χ4v) is 3.87. The molecular weight excluding hydrogens is 379 g/mol. The summed E-state index contributed by atoms with van der Waals surface area (Å²) in [6.45, 7) is 5.89. The summed E-state index contributed by atoms with van der Waals surface area (Å²) in [5.41, 5.74) is 5.72. The van der Waals surface area contributed by atoms with E-state index >= 15 is 0 Å². The molecule has 0 saturated heterocycles. The third-order valence-corrected chi connectivity index (χ3v) is 5.54. The van der Waals surface area contributed by atoms with Gasteiger partial charge in [-0.1, -0.05) is 42.0 Å². The van der Waals surface area contributed by atoms with Gasteiger partial charge in [0.1, 0.15) is 11.5 Å². The lowest BCUT2D eigenvalue weighted by atomic mass is 9.95. The number of pyridine rings is 1. The predicted molar refractivity (Wildman–Crippen MR) is 116 cm³/mol. The van der Waals surface area contributed by atoms with E-state index < -0.39 is 5.97 Å². The number of aromatic nitrogens is 2. The molecule has 0 radical (unpaired) electrons. The molecule has 0 aliphatic carbocycles. The molecule has 4 aromatic rings. The van der Waals surface area contributed by atoms with E-state index in [4.69, 9.17) is 9.72 Å². The third kappa shape index (κ3) is 3.36. The summed E-state index contributed by atoms with van der Waals surface area (Å²) in [5.74, 6) is -0.668. The standard InChI is InChI=1S/C25H23FN2O2/c1-15-5-7-19(8-6-15)23-21-13-14-28(17(3)18-9-11-20(26)12-10-18)24(21)27-16(2)22(23)25(29)30-4/h5-14,17H,1-4H3/t17-/m1/s1. The number of rotatable bonds is 4. The Morgan fingerprint density at radius 2 is 1.70 bits per heavy atom. The molecule has 0 N–H and O–H groups in total. The lowest BCUT2D eigenvalue weighted by Gasteiger charge is -2.18. The van der Waals surface area contributed by atoms with Gasteiger partial charge in [-0.3, -0.25) is 0 Å². The van der Waals surface area contributed by atoms with Crippen LogP contribution in [0.1, 0.15) is 40.1 Å². The molecule has 0 unspecified atom stereocenters. The van der Waals surface area contributed by atoms with E-state index in [0.717, 1.165) is 33.3 Å². The molecule has 2 aromatic carbocycles. The second-order valence-electron chi connectivity index (χ2n) is 7.49. The maximum absolute atomic E-state index is 13.4. The van der Waals surface area contributed by atoms with Crippen molar-refractivity contribution in [3.05, 3.63) is 89.0 Å². The second kappa shape index (κ2) is 7.75. The lowest BCUT2D eigenvalue weighted by molar-refractivity contribution is 0.0600. The number of ether oxygens (including phenoxy) is 1. The van der Waals surface area contributed by atoms with Crippen LogP contribution in [0, 0.1) is 19.7 Å². The first-order valence-corrected chi connectivity index (χ1v) is 9.82. The molecule has 30 heavy (non-hydrogen) atoms. The maximum Gasteiger partial charge on any atom is 0.340 e. The van der Waals surface area contributed by atoms with Crippen molar-refractivity contribution >= 4 is 17.0 Å². The zero-order valence-corrected chi connectivity index (χ0v) is 17.4. The van der Waals surface area contributed by atoms with E-state index in [2.05, 4.69) is 0 Å². The van der Waals surface area contributed by atoms with E-state index in [1.165, 1.54) is 19.2 Å². The topological polar surface area (TPSA) is 44.1 Å². The largest absolute Gasteiger partial charge is 0.465 e. The van der Waals surface area contributed by atoms with E-state index in [0.29, 0.717) is 11.3 Å². The SMILES string of the molecule is COC(=O)c1c(C)nc2c(ccn2[C@H](C)c2ccc(F)cc2)c1-c1ccc(C)cc1. The summed E-state index contributed by atoms with van der Waals surface area (Å²) in [5, 5.41) is 0.874. The summed E-state index contributed by atoms with van der Waals surface area (Å²) in [4.78, 5) is 17.4. The van der Waals surface area contributed by atoms with Crippen LogP contribution in [-0.4, -0.2) is 22.6 Å². The van der Waals surface area contributed by atoms with Gasteiger partial charge in [-0.05, 0) is 50.1 Å². The monoisotopic (exact) mass is 402 g/mol. The Balaban J connectivity index is 1.97. The Labute approximate surface area is 174 Å². The molecular formula is C25H23FN2O2. The molecule has 1 atom stereocenters.